The van der Waals surface area contributed by atoms with E-state index in [2.05, 4.69) is 19.9 Å². The third kappa shape index (κ3) is 4.34. The van der Waals surface area contributed by atoms with Crippen molar-refractivity contribution in [2.75, 3.05) is 0 Å². The van der Waals surface area contributed by atoms with Gasteiger partial charge in [0.1, 0.15) is 15.5 Å². The van der Waals surface area contributed by atoms with E-state index in [9.17, 15) is 21.6 Å². The van der Waals surface area contributed by atoms with E-state index in [0.717, 1.165) is 12.1 Å². The van der Waals surface area contributed by atoms with Crippen molar-refractivity contribution in [2.45, 2.75) is 11.1 Å². The minimum Gasteiger partial charge on any atom is -0.571 e. The zero-order valence-electron chi connectivity index (χ0n) is 15.2. The van der Waals surface area contributed by atoms with E-state index in [0.29, 0.717) is 23.3 Å². The predicted molar refractivity (Wildman–Crippen MR) is 98.3 cm³/mol. The van der Waals surface area contributed by atoms with Crippen LogP contribution >= 0.6 is 0 Å². The maximum absolute atomic E-state index is 12.7. The Morgan fingerprint density at radius 2 is 1.60 bits per heavy atom. The summed E-state index contributed by atoms with van der Waals surface area (Å²) in [6.45, 7) is 0. The van der Waals surface area contributed by atoms with Gasteiger partial charge >= 0.3 is 6.18 Å². The van der Waals surface area contributed by atoms with Crippen LogP contribution in [0.1, 0.15) is 5.56 Å². The van der Waals surface area contributed by atoms with Crippen molar-refractivity contribution in [3.63, 3.8) is 0 Å². The molecule has 0 aliphatic heterocycles. The smallest absolute Gasteiger partial charge is 0.416 e. The molecule has 0 spiro atoms. The molecule has 0 bridgehead atoms. The first-order valence-electron chi connectivity index (χ1n) is 8.17. The topological polar surface area (TPSA) is 91.8 Å². The molecule has 0 radical (unpaired) electrons. The molecule has 0 unspecified atom stereocenters. The van der Waals surface area contributed by atoms with E-state index in [1.54, 1.807) is 36.5 Å². The van der Waals surface area contributed by atoms with Crippen LogP contribution in [0.3, 0.4) is 0 Å². The summed E-state index contributed by atoms with van der Waals surface area (Å²) in [5, 5.41) is 8.45. The van der Waals surface area contributed by atoms with Crippen LogP contribution in [0.4, 0.5) is 18.9 Å². The Kier molecular flexibility index (Phi) is 5.91. The van der Waals surface area contributed by atoms with Crippen LogP contribution in [0.25, 0.3) is 21.6 Å². The van der Waals surface area contributed by atoms with Gasteiger partial charge in [0.15, 0.2) is 0 Å². The number of benzene rings is 2. The zero-order chi connectivity index (χ0) is 20.6. The molecule has 0 saturated carbocycles. The molecule has 4 rings (SSSR count). The Labute approximate surface area is 181 Å². The summed E-state index contributed by atoms with van der Waals surface area (Å²) >= 11 is 0. The van der Waals surface area contributed by atoms with Gasteiger partial charge in [-0.05, 0) is 42.5 Å². The van der Waals surface area contributed by atoms with Crippen molar-refractivity contribution in [1.29, 1.82) is 0 Å². The van der Waals surface area contributed by atoms with Gasteiger partial charge in [0.2, 0.25) is 5.65 Å². The Morgan fingerprint density at radius 3 is 2.27 bits per heavy atom. The third-order valence-corrected chi connectivity index (χ3v) is 5.26. The molecular formula is C18H11F3N5O2SZn-. The van der Waals surface area contributed by atoms with Crippen molar-refractivity contribution >= 4 is 26.9 Å². The Bertz CT molecular complexity index is 1260. The first-order valence-corrected chi connectivity index (χ1v) is 9.61. The summed E-state index contributed by atoms with van der Waals surface area (Å²) in [6.07, 6.45) is -3.01. The van der Waals surface area contributed by atoms with Gasteiger partial charge in [-0.3, -0.25) is 0 Å². The quantitative estimate of drug-likeness (QED) is 0.405. The molecule has 0 aliphatic carbocycles. The largest absolute Gasteiger partial charge is 0.571 e. The van der Waals surface area contributed by atoms with Gasteiger partial charge in [0.25, 0.3) is 0 Å². The van der Waals surface area contributed by atoms with Crippen LogP contribution in [-0.2, 0) is 35.7 Å². The van der Waals surface area contributed by atoms with Crippen LogP contribution in [-0.4, -0.2) is 28.4 Å². The molecule has 7 nitrogen and oxygen atoms in total. The van der Waals surface area contributed by atoms with Crippen molar-refractivity contribution in [1.82, 2.24) is 20.0 Å². The fourth-order valence-corrected chi connectivity index (χ4v) is 3.57. The molecular weight excluding hydrogens is 473 g/mol. The number of alkyl halides is 3. The molecule has 0 amide bonds. The van der Waals surface area contributed by atoms with Gasteiger partial charge in [-0.15, -0.1) is 10.2 Å². The number of sulfonamides is 1. The molecule has 30 heavy (non-hydrogen) atoms. The summed E-state index contributed by atoms with van der Waals surface area (Å²) < 4.78 is 67.1. The number of aromatic nitrogens is 4. The molecule has 2 heterocycles. The molecule has 0 atom stereocenters. The average molecular weight is 484 g/mol. The van der Waals surface area contributed by atoms with E-state index in [4.69, 9.17) is 0 Å². The first-order chi connectivity index (χ1) is 13.7. The van der Waals surface area contributed by atoms with Crippen LogP contribution in [0.2, 0.25) is 0 Å². The second-order valence-corrected chi connectivity index (χ2v) is 7.52. The fourth-order valence-electron chi connectivity index (χ4n) is 2.57. The van der Waals surface area contributed by atoms with Crippen LogP contribution in [0.15, 0.2) is 71.8 Å². The van der Waals surface area contributed by atoms with E-state index in [-0.39, 0.29) is 35.7 Å². The number of rotatable bonds is 4. The second kappa shape index (κ2) is 8.12. The zero-order valence-corrected chi connectivity index (χ0v) is 18.9. The normalized spacial score (nSPS) is 11.8. The summed E-state index contributed by atoms with van der Waals surface area (Å²) in [5.74, 6) is 0. The number of pyridine rings is 1. The van der Waals surface area contributed by atoms with Gasteiger partial charge in [-0.2, -0.15) is 18.0 Å². The maximum Gasteiger partial charge on any atom is 0.416 e. The molecule has 0 fully saturated rings. The monoisotopic (exact) mass is 482 g/mol. The molecule has 0 saturated heterocycles. The van der Waals surface area contributed by atoms with E-state index in [1.807, 2.05) is 0 Å². The molecule has 150 valence electrons. The molecule has 0 N–H and O–H groups in total. The number of halogens is 3. The van der Waals surface area contributed by atoms with Gasteiger partial charge in [-0.1, -0.05) is 23.9 Å². The predicted octanol–water partition coefficient (Wildman–Crippen LogP) is 4.23. The standard InChI is InChI=1S/C18H11F3N5O2S.Zn/c19-18(20,21)12-7-9-13(10-8-12)29(27,28)25-14-4-1-2-6-16(14)26-23-15-5-3-11-22-17(15)24-26;/h1-11H;/q-1;. The second-order valence-electron chi connectivity index (χ2n) is 5.91. The van der Waals surface area contributed by atoms with Crippen LogP contribution in [0.5, 0.6) is 0 Å². The number of fused-ring (bicyclic) bond motifs is 1. The van der Waals surface area contributed by atoms with Gasteiger partial charge in [-0.25, -0.2) is 13.4 Å². The van der Waals surface area contributed by atoms with Gasteiger partial charge < -0.3 is 4.72 Å². The molecule has 0 aliphatic rings. The summed E-state index contributed by atoms with van der Waals surface area (Å²) in [4.78, 5) is 4.92. The minimum atomic E-state index is -4.56. The van der Waals surface area contributed by atoms with Gasteiger partial charge in [0, 0.05) is 25.7 Å². The minimum absolute atomic E-state index is 0. The summed E-state index contributed by atoms with van der Waals surface area (Å²) in [5.41, 5.74) is 0.242. The Morgan fingerprint density at radius 1 is 0.900 bits per heavy atom. The summed E-state index contributed by atoms with van der Waals surface area (Å²) in [6, 6.07) is 12.8. The maximum atomic E-state index is 12.7. The molecule has 2 aromatic heterocycles. The first kappa shape index (κ1) is 21.9. The third-order valence-electron chi connectivity index (χ3n) is 3.95. The van der Waals surface area contributed by atoms with Crippen molar-refractivity contribution in [3.8, 4) is 5.69 Å². The molecule has 4 aromatic rings. The molecule has 2 aromatic carbocycles. The number of para-hydroxylation sites is 1. The van der Waals surface area contributed by atoms with Crippen LogP contribution in [0, 0.1) is 0 Å². The van der Waals surface area contributed by atoms with E-state index in [1.165, 1.54) is 10.9 Å². The Hall–Kier alpha value is -2.85. The number of nitrogens with zero attached hydrogens (tertiary/aromatic N) is 5. The molecule has 12 heteroatoms. The van der Waals surface area contributed by atoms with Crippen LogP contribution < -0.4 is 0 Å². The number of hydrogen-bond donors (Lipinski definition) is 0. The SMILES string of the molecule is O=S(=O)([N-]c1ccccc1-n1nc2cccnc2n1)c1ccc(C(F)(F)F)cc1.[Zn]. The average Bonchev–Trinajstić information content (AvgIpc) is 3.11. The van der Waals surface area contributed by atoms with Crippen molar-refractivity contribution in [3.05, 3.63) is 77.1 Å². The van der Waals surface area contributed by atoms with Crippen molar-refractivity contribution in [2.24, 2.45) is 0 Å². The Balaban J connectivity index is 0.00000256. The van der Waals surface area contributed by atoms with E-state index >= 15 is 0 Å². The number of hydrogen-bond acceptors (Lipinski definition) is 5. The van der Waals surface area contributed by atoms with E-state index < -0.39 is 21.8 Å². The van der Waals surface area contributed by atoms with Crippen molar-refractivity contribution < 1.29 is 41.1 Å². The fraction of sp³-hybridized carbons (Fsp3) is 0.0556. The summed E-state index contributed by atoms with van der Waals surface area (Å²) in [7, 11) is -4.26. The van der Waals surface area contributed by atoms with Gasteiger partial charge in [0.05, 0.1) is 16.1 Å².